The van der Waals surface area contributed by atoms with Gasteiger partial charge in [-0.2, -0.15) is 0 Å². The Balaban J connectivity index is 0.921. The first-order valence-electron chi connectivity index (χ1n) is 17.5. The van der Waals surface area contributed by atoms with Gasteiger partial charge < -0.3 is 30.0 Å². The summed E-state index contributed by atoms with van der Waals surface area (Å²) in [6.45, 7) is 1.49. The fourth-order valence-electron chi connectivity index (χ4n) is 9.76. The molecule has 3 N–H and O–H groups in total. The first-order valence-corrected chi connectivity index (χ1v) is 18.1. The summed E-state index contributed by atoms with van der Waals surface area (Å²) < 4.78 is 10.8. The molecule has 4 aliphatic carbocycles. The van der Waals surface area contributed by atoms with Gasteiger partial charge in [-0.1, -0.05) is 30.3 Å². The minimum atomic E-state index is -0.856. The van der Waals surface area contributed by atoms with Crippen LogP contribution in [0, 0.1) is 23.2 Å². The molecule has 260 valence electrons. The van der Waals surface area contributed by atoms with Crippen molar-refractivity contribution in [1.82, 2.24) is 20.5 Å². The maximum Gasteiger partial charge on any atom is 0.328 e. The quantitative estimate of drug-likeness (QED) is 0.141. The molecule has 3 aromatic rings. The summed E-state index contributed by atoms with van der Waals surface area (Å²) in [5.41, 5.74) is 4.05. The number of carbonyl (C=O) groups is 4. The van der Waals surface area contributed by atoms with Crippen LogP contribution in [0.15, 0.2) is 48.5 Å². The average Bonchev–Trinajstić information content (AvgIpc) is 3.47. The van der Waals surface area contributed by atoms with Gasteiger partial charge in [-0.25, -0.2) is 4.79 Å². The molecule has 3 amide bonds. The molecule has 11 heteroatoms. The van der Waals surface area contributed by atoms with Crippen molar-refractivity contribution in [3.8, 4) is 0 Å². The maximum absolute atomic E-state index is 13.2. The van der Waals surface area contributed by atoms with Gasteiger partial charge in [0.2, 0.25) is 11.8 Å². The number of benzene rings is 2. The molecule has 49 heavy (non-hydrogen) atoms. The van der Waals surface area contributed by atoms with E-state index in [9.17, 15) is 19.2 Å². The van der Waals surface area contributed by atoms with E-state index in [0.29, 0.717) is 44.7 Å². The van der Waals surface area contributed by atoms with E-state index in [2.05, 4.69) is 15.6 Å². The van der Waals surface area contributed by atoms with Crippen LogP contribution in [0.2, 0.25) is 0 Å². The number of aromatic nitrogens is 1. The molecule has 2 aromatic carbocycles. The number of fused-ring (bicyclic) bond motifs is 3. The van der Waals surface area contributed by atoms with Crippen LogP contribution in [0.1, 0.15) is 78.2 Å². The number of methoxy groups -OCH3 is 1. The number of carbonyl (C=O) groups excluding carboxylic acids is 4. The Morgan fingerprint density at radius 2 is 1.57 bits per heavy atom. The Morgan fingerprint density at radius 1 is 0.918 bits per heavy atom. The van der Waals surface area contributed by atoms with Crippen molar-refractivity contribution in [1.29, 1.82) is 0 Å². The zero-order valence-corrected chi connectivity index (χ0v) is 28.7. The number of rotatable bonds is 12. The molecule has 2 atom stereocenters. The minimum Gasteiger partial charge on any atom is -0.467 e. The van der Waals surface area contributed by atoms with Crippen LogP contribution < -0.4 is 10.6 Å². The summed E-state index contributed by atoms with van der Waals surface area (Å²) in [5.74, 6) is 1.17. The van der Waals surface area contributed by atoms with Crippen molar-refractivity contribution in [2.24, 2.45) is 23.2 Å². The van der Waals surface area contributed by atoms with E-state index in [1.165, 1.54) is 50.5 Å². The summed E-state index contributed by atoms with van der Waals surface area (Å²) in [6.07, 6.45) is 8.72. The monoisotopic (exact) mass is 688 g/mol. The van der Waals surface area contributed by atoms with Crippen LogP contribution in [-0.4, -0.2) is 78.9 Å². The number of hydrogen-bond acceptors (Lipinski definition) is 6. The lowest BCUT2D eigenvalue weighted by molar-refractivity contribution is -0.154. The predicted octanol–water partition coefficient (Wildman–Crippen LogP) is 4.89. The molecular formula is C38H45ClN4O6. The highest BCUT2D eigenvalue weighted by Gasteiger charge is 2.51. The molecule has 0 spiro atoms. The van der Waals surface area contributed by atoms with E-state index < -0.39 is 24.0 Å². The van der Waals surface area contributed by atoms with Crippen LogP contribution in [-0.2, 0) is 30.3 Å². The number of hydrogen-bond donors (Lipinski definition) is 3. The third-order valence-electron chi connectivity index (χ3n) is 11.3. The molecule has 4 saturated carbocycles. The lowest BCUT2D eigenvalue weighted by Crippen LogP contribution is -2.52. The van der Waals surface area contributed by atoms with Crippen molar-refractivity contribution < 1.29 is 28.7 Å². The lowest BCUT2D eigenvalue weighted by Gasteiger charge is -2.56. The second kappa shape index (κ2) is 14.2. The standard InChI is InChI=1S/C38H45ClN4O6/c1-48-37(47)31-17-29-28-4-2-3-5-30(28)42-34(29)35(43(31)33(45)22-39)26-6-8-27(9-7-26)36(46)41-11-13-49-12-10-40-32(44)21-38-18-23-14-24(19-38)16-25(15-23)20-38/h2-9,23-25,31,35,42H,10-22H2,1H3,(H,40,44)(H,41,46)/t23?,24?,25?,31-,35+,38?/m1/s1. The van der Waals surface area contributed by atoms with Gasteiger partial charge in [0.15, 0.2) is 0 Å². The smallest absolute Gasteiger partial charge is 0.328 e. The predicted molar refractivity (Wildman–Crippen MR) is 185 cm³/mol. The molecule has 0 unspecified atom stereocenters. The maximum atomic E-state index is 13.2. The molecule has 0 radical (unpaired) electrons. The number of ether oxygens (including phenoxy) is 2. The molecule has 1 aromatic heterocycles. The van der Waals surface area contributed by atoms with Gasteiger partial charge in [0.25, 0.3) is 5.91 Å². The van der Waals surface area contributed by atoms with Crippen LogP contribution in [0.4, 0.5) is 0 Å². The summed E-state index contributed by atoms with van der Waals surface area (Å²) in [4.78, 5) is 56.9. The van der Waals surface area contributed by atoms with Gasteiger partial charge >= 0.3 is 5.97 Å². The van der Waals surface area contributed by atoms with E-state index in [4.69, 9.17) is 21.1 Å². The fourth-order valence-corrected chi connectivity index (χ4v) is 9.90. The van der Waals surface area contributed by atoms with E-state index >= 15 is 0 Å². The van der Waals surface area contributed by atoms with Gasteiger partial charge in [0.1, 0.15) is 11.9 Å². The second-order valence-corrected chi connectivity index (χ2v) is 14.8. The first kappa shape index (κ1) is 33.6. The first-order chi connectivity index (χ1) is 23.8. The summed E-state index contributed by atoms with van der Waals surface area (Å²) in [6, 6.07) is 13.3. The van der Waals surface area contributed by atoms with Gasteiger partial charge in [0.05, 0.1) is 26.4 Å². The largest absolute Gasteiger partial charge is 0.467 e. The summed E-state index contributed by atoms with van der Waals surface area (Å²) in [7, 11) is 1.31. The zero-order chi connectivity index (χ0) is 34.1. The molecule has 4 bridgehead atoms. The number of para-hydroxylation sites is 1. The molecule has 0 saturated heterocycles. The Morgan fingerprint density at radius 3 is 2.22 bits per heavy atom. The third kappa shape index (κ3) is 6.82. The average molecular weight is 689 g/mol. The van der Waals surface area contributed by atoms with E-state index in [1.54, 1.807) is 24.3 Å². The van der Waals surface area contributed by atoms with Crippen LogP contribution in [0.3, 0.4) is 0 Å². The van der Waals surface area contributed by atoms with Crippen LogP contribution in [0.5, 0.6) is 0 Å². The number of nitrogens with zero attached hydrogens (tertiary/aromatic N) is 1. The normalized spacial score (nSPS) is 26.7. The molecule has 10 nitrogen and oxygen atoms in total. The van der Waals surface area contributed by atoms with Crippen LogP contribution >= 0.6 is 11.6 Å². The molecule has 5 aliphatic rings. The summed E-state index contributed by atoms with van der Waals surface area (Å²) >= 11 is 6.05. The number of esters is 1. The Labute approximate surface area is 291 Å². The summed E-state index contributed by atoms with van der Waals surface area (Å²) in [5, 5.41) is 6.90. The number of H-pyrrole nitrogens is 1. The number of halogens is 1. The molecule has 1 aliphatic heterocycles. The van der Waals surface area contributed by atoms with Crippen molar-refractivity contribution in [3.05, 3.63) is 70.9 Å². The van der Waals surface area contributed by atoms with E-state index in [0.717, 1.165) is 45.5 Å². The highest BCUT2D eigenvalue weighted by atomic mass is 35.5. The SMILES string of the molecule is COC(=O)[C@H]1Cc2c([nH]c3ccccc23)[C@H](c2ccc(C(=O)NCCOCCNC(=O)CC34CC5CC(CC(C5)C3)C4)cc2)N1C(=O)CCl. The Hall–Kier alpha value is -3.89. The van der Waals surface area contributed by atoms with E-state index in [-0.39, 0.29) is 23.1 Å². The minimum absolute atomic E-state index is 0.132. The number of alkyl halides is 1. The molecule has 2 heterocycles. The highest BCUT2D eigenvalue weighted by Crippen LogP contribution is 2.61. The van der Waals surface area contributed by atoms with Crippen molar-refractivity contribution >= 4 is 46.2 Å². The third-order valence-corrected chi connectivity index (χ3v) is 11.5. The number of amides is 3. The second-order valence-electron chi connectivity index (χ2n) is 14.6. The van der Waals surface area contributed by atoms with Crippen molar-refractivity contribution in [2.45, 2.75) is 63.5 Å². The molecule has 4 fully saturated rings. The highest BCUT2D eigenvalue weighted by molar-refractivity contribution is 6.27. The topological polar surface area (TPSA) is 130 Å². The van der Waals surface area contributed by atoms with Crippen molar-refractivity contribution in [3.63, 3.8) is 0 Å². The fraction of sp³-hybridized carbons (Fsp3) is 0.526. The molecular weight excluding hydrogens is 644 g/mol. The van der Waals surface area contributed by atoms with Gasteiger partial charge in [-0.15, -0.1) is 11.6 Å². The number of nitrogens with one attached hydrogen (secondary N) is 3. The van der Waals surface area contributed by atoms with Gasteiger partial charge in [0, 0.05) is 48.1 Å². The lowest BCUT2D eigenvalue weighted by atomic mass is 9.49. The number of aromatic amines is 1. The van der Waals surface area contributed by atoms with Gasteiger partial charge in [-0.05, 0) is 91.0 Å². The Bertz CT molecular complexity index is 1690. The van der Waals surface area contributed by atoms with Crippen LogP contribution in [0.25, 0.3) is 10.9 Å². The van der Waals surface area contributed by atoms with E-state index in [1.807, 2.05) is 24.3 Å². The van der Waals surface area contributed by atoms with Crippen molar-refractivity contribution in [2.75, 3.05) is 39.3 Å². The zero-order valence-electron chi connectivity index (χ0n) is 28.0. The molecule has 8 rings (SSSR count). The Kier molecular flexibility index (Phi) is 9.70. The van der Waals surface area contributed by atoms with Gasteiger partial charge in [-0.3, -0.25) is 14.4 Å².